The van der Waals surface area contributed by atoms with Crippen LogP contribution in [0.2, 0.25) is 0 Å². The highest BCUT2D eigenvalue weighted by molar-refractivity contribution is 6.45. The van der Waals surface area contributed by atoms with E-state index in [1.54, 1.807) is 37.3 Å². The van der Waals surface area contributed by atoms with Gasteiger partial charge in [-0.15, -0.1) is 0 Å². The normalized spacial score (nSPS) is 13.7. The van der Waals surface area contributed by atoms with Gasteiger partial charge in [0.2, 0.25) is 0 Å². The van der Waals surface area contributed by atoms with E-state index >= 15 is 0 Å². The van der Waals surface area contributed by atoms with Crippen molar-refractivity contribution in [1.29, 1.82) is 0 Å². The summed E-state index contributed by atoms with van der Waals surface area (Å²) in [7, 11) is 6.08. The summed E-state index contributed by atoms with van der Waals surface area (Å²) in [6, 6.07) is 10.3. The van der Waals surface area contributed by atoms with Gasteiger partial charge in [0.25, 0.3) is 11.8 Å². The van der Waals surface area contributed by atoms with Gasteiger partial charge >= 0.3 is 0 Å². The van der Waals surface area contributed by atoms with Gasteiger partial charge in [0.15, 0.2) is 0 Å². The first-order valence-corrected chi connectivity index (χ1v) is 10.3. The van der Waals surface area contributed by atoms with Gasteiger partial charge in [0.1, 0.15) is 23.0 Å². The van der Waals surface area contributed by atoms with Crippen LogP contribution in [0.15, 0.2) is 48.2 Å². The molecule has 2 amide bonds. The number of hydrogen-bond acceptors (Lipinski definition) is 7. The zero-order chi connectivity index (χ0) is 24.0. The molecule has 1 aliphatic heterocycles. The topological polar surface area (TPSA) is 77.5 Å². The molecule has 9 heteroatoms. The minimum Gasteiger partial charge on any atom is -0.497 e. The fourth-order valence-corrected chi connectivity index (χ4v) is 3.58. The van der Waals surface area contributed by atoms with Gasteiger partial charge in [-0.3, -0.25) is 9.59 Å². The minimum atomic E-state index is -0.531. The van der Waals surface area contributed by atoms with Crippen molar-refractivity contribution in [3.8, 4) is 11.5 Å². The number of imide groups is 1. The van der Waals surface area contributed by atoms with E-state index in [1.165, 1.54) is 38.5 Å². The van der Waals surface area contributed by atoms with E-state index in [1.807, 2.05) is 0 Å². The zero-order valence-corrected chi connectivity index (χ0v) is 19.1. The second kappa shape index (κ2) is 10.9. The second-order valence-electron chi connectivity index (χ2n) is 7.22. The standard InChI is InChI=1S/C24H27FN2O6/c1-30-11-9-26(10-12-31-2)22-21(16-5-7-17(25)8-6-16)23(28)27(24(22)29)18-13-19(32-3)15-20(14-18)33-4/h5-8,13-15H,9-12H2,1-4H3. The van der Waals surface area contributed by atoms with E-state index in [0.717, 1.165) is 4.90 Å². The lowest BCUT2D eigenvalue weighted by molar-refractivity contribution is -0.120. The molecule has 0 spiro atoms. The Bertz CT molecular complexity index is 1010. The van der Waals surface area contributed by atoms with E-state index in [4.69, 9.17) is 18.9 Å². The van der Waals surface area contributed by atoms with E-state index in [9.17, 15) is 14.0 Å². The predicted molar refractivity (Wildman–Crippen MR) is 121 cm³/mol. The molecule has 3 rings (SSSR count). The lowest BCUT2D eigenvalue weighted by Crippen LogP contribution is -2.37. The number of ether oxygens (including phenoxy) is 4. The maximum absolute atomic E-state index is 13.7. The molecule has 0 saturated heterocycles. The number of carbonyl (C=O) groups excluding carboxylic acids is 2. The molecule has 0 saturated carbocycles. The first kappa shape index (κ1) is 24.2. The average Bonchev–Trinajstić information content (AvgIpc) is 3.09. The van der Waals surface area contributed by atoms with Crippen LogP contribution in [-0.4, -0.2) is 71.5 Å². The number of amides is 2. The van der Waals surface area contributed by atoms with Crippen molar-refractivity contribution in [3.05, 3.63) is 59.5 Å². The van der Waals surface area contributed by atoms with Gasteiger partial charge in [-0.1, -0.05) is 12.1 Å². The number of anilines is 1. The lowest BCUT2D eigenvalue weighted by atomic mass is 10.0. The molecule has 0 radical (unpaired) electrons. The molecule has 33 heavy (non-hydrogen) atoms. The SMILES string of the molecule is COCCN(CCOC)C1=C(c2ccc(F)cc2)C(=O)N(c2cc(OC)cc(OC)c2)C1=O. The molecule has 2 aromatic rings. The summed E-state index contributed by atoms with van der Waals surface area (Å²) in [4.78, 5) is 30.2. The van der Waals surface area contributed by atoms with Gasteiger partial charge in [-0.05, 0) is 17.7 Å². The van der Waals surface area contributed by atoms with Crippen LogP contribution in [0, 0.1) is 5.82 Å². The summed E-state index contributed by atoms with van der Waals surface area (Å²) < 4.78 is 34.6. The van der Waals surface area contributed by atoms with Crippen LogP contribution in [0.1, 0.15) is 5.56 Å². The smallest absolute Gasteiger partial charge is 0.282 e. The maximum Gasteiger partial charge on any atom is 0.282 e. The molecule has 8 nitrogen and oxygen atoms in total. The quantitative estimate of drug-likeness (QED) is 0.479. The first-order chi connectivity index (χ1) is 15.9. The molecule has 176 valence electrons. The molecule has 0 aliphatic carbocycles. The number of carbonyl (C=O) groups is 2. The first-order valence-electron chi connectivity index (χ1n) is 10.3. The fraction of sp³-hybridized carbons (Fsp3) is 0.333. The lowest BCUT2D eigenvalue weighted by Gasteiger charge is -2.25. The molecule has 0 aromatic heterocycles. The molecule has 0 unspecified atom stereocenters. The van der Waals surface area contributed by atoms with Crippen molar-refractivity contribution >= 4 is 23.1 Å². The Morgan fingerprint density at radius 1 is 0.818 bits per heavy atom. The van der Waals surface area contributed by atoms with Crippen molar-refractivity contribution in [2.75, 3.05) is 59.6 Å². The molecular weight excluding hydrogens is 431 g/mol. The van der Waals surface area contributed by atoms with Gasteiger partial charge in [0, 0.05) is 45.5 Å². The van der Waals surface area contributed by atoms with Crippen LogP contribution in [0.3, 0.4) is 0 Å². The summed E-state index contributed by atoms with van der Waals surface area (Å²) in [6.07, 6.45) is 0. The van der Waals surface area contributed by atoms with Crippen molar-refractivity contribution in [1.82, 2.24) is 4.90 Å². The van der Waals surface area contributed by atoms with Crippen LogP contribution in [0.4, 0.5) is 10.1 Å². The largest absolute Gasteiger partial charge is 0.497 e. The molecule has 0 bridgehead atoms. The summed E-state index contributed by atoms with van der Waals surface area (Å²) >= 11 is 0. The third-order valence-corrected chi connectivity index (χ3v) is 5.23. The van der Waals surface area contributed by atoms with E-state index in [-0.39, 0.29) is 11.3 Å². The predicted octanol–water partition coefficient (Wildman–Crippen LogP) is 2.72. The molecule has 1 aliphatic rings. The average molecular weight is 458 g/mol. The van der Waals surface area contributed by atoms with Crippen LogP contribution < -0.4 is 14.4 Å². The van der Waals surface area contributed by atoms with Gasteiger partial charge in [0.05, 0.1) is 38.7 Å². The summed E-state index contributed by atoms with van der Waals surface area (Å²) in [5, 5.41) is 0. The van der Waals surface area contributed by atoms with Crippen molar-refractivity contribution in [2.24, 2.45) is 0 Å². The van der Waals surface area contributed by atoms with Crippen LogP contribution >= 0.6 is 0 Å². The highest BCUT2D eigenvalue weighted by Crippen LogP contribution is 2.37. The minimum absolute atomic E-state index is 0.175. The van der Waals surface area contributed by atoms with Gasteiger partial charge in [-0.25, -0.2) is 9.29 Å². The highest BCUT2D eigenvalue weighted by atomic mass is 19.1. The Morgan fingerprint density at radius 2 is 1.36 bits per heavy atom. The Labute approximate surface area is 192 Å². The van der Waals surface area contributed by atoms with Crippen molar-refractivity contribution in [3.63, 3.8) is 0 Å². The number of nitrogens with zero attached hydrogens (tertiary/aromatic N) is 2. The number of rotatable bonds is 11. The fourth-order valence-electron chi connectivity index (χ4n) is 3.58. The third kappa shape index (κ3) is 5.15. The van der Waals surface area contributed by atoms with Crippen LogP contribution in [0.5, 0.6) is 11.5 Å². The molecule has 2 aromatic carbocycles. The maximum atomic E-state index is 13.7. The Kier molecular flexibility index (Phi) is 8.02. The Balaban J connectivity index is 2.15. The monoisotopic (exact) mass is 458 g/mol. The highest BCUT2D eigenvalue weighted by Gasteiger charge is 2.42. The summed E-state index contributed by atoms with van der Waals surface area (Å²) in [6.45, 7) is 1.37. The number of halogens is 1. The van der Waals surface area contributed by atoms with E-state index in [2.05, 4.69) is 0 Å². The number of benzene rings is 2. The molecule has 0 atom stereocenters. The van der Waals surface area contributed by atoms with Gasteiger partial charge < -0.3 is 23.8 Å². The molecule has 0 fully saturated rings. The zero-order valence-electron chi connectivity index (χ0n) is 19.1. The van der Waals surface area contributed by atoms with Crippen LogP contribution in [-0.2, 0) is 19.1 Å². The number of hydrogen-bond donors (Lipinski definition) is 0. The van der Waals surface area contributed by atoms with Crippen LogP contribution in [0.25, 0.3) is 5.57 Å². The molecule has 0 N–H and O–H groups in total. The molecule has 1 heterocycles. The van der Waals surface area contributed by atoms with E-state index < -0.39 is 17.6 Å². The summed E-state index contributed by atoms with van der Waals surface area (Å²) in [5.41, 5.74) is 1.10. The summed E-state index contributed by atoms with van der Waals surface area (Å²) in [5.74, 6) is -0.629. The van der Waals surface area contributed by atoms with Crippen molar-refractivity contribution < 1.29 is 32.9 Å². The van der Waals surface area contributed by atoms with Gasteiger partial charge in [-0.2, -0.15) is 0 Å². The third-order valence-electron chi connectivity index (χ3n) is 5.23. The number of methoxy groups -OCH3 is 4. The Morgan fingerprint density at radius 3 is 1.85 bits per heavy atom. The Hall–Kier alpha value is -3.43. The van der Waals surface area contributed by atoms with E-state index in [0.29, 0.717) is 49.1 Å². The second-order valence-corrected chi connectivity index (χ2v) is 7.22. The molecular formula is C24H27FN2O6. The van der Waals surface area contributed by atoms with Crippen molar-refractivity contribution in [2.45, 2.75) is 0 Å².